The van der Waals surface area contributed by atoms with Gasteiger partial charge in [0.15, 0.2) is 6.61 Å². The van der Waals surface area contributed by atoms with Gasteiger partial charge in [0.05, 0.1) is 17.7 Å². The average Bonchev–Trinajstić information content (AvgIpc) is 3.05. The normalized spacial score (nSPS) is 9.91. The molecule has 9 nitrogen and oxygen atoms in total. The molecular weight excluding hydrogens is 306 g/mol. The lowest BCUT2D eigenvalue weighted by Gasteiger charge is -2.07. The van der Waals surface area contributed by atoms with E-state index in [9.17, 15) is 19.7 Å². The topological polar surface area (TPSA) is 124 Å². The lowest BCUT2D eigenvalue weighted by molar-refractivity contribution is -0.384. The van der Waals surface area contributed by atoms with E-state index in [0.29, 0.717) is 5.76 Å². The number of nitrogens with zero attached hydrogens (tertiary/aromatic N) is 1. The van der Waals surface area contributed by atoms with E-state index < -0.39 is 23.5 Å². The third-order valence-corrected chi connectivity index (χ3v) is 2.67. The van der Waals surface area contributed by atoms with E-state index in [2.05, 4.69) is 10.6 Å². The second kappa shape index (κ2) is 7.59. The van der Waals surface area contributed by atoms with Crippen molar-refractivity contribution in [3.63, 3.8) is 0 Å². The number of ether oxygens (including phenoxy) is 1. The molecule has 0 saturated heterocycles. The monoisotopic (exact) mass is 319 g/mol. The van der Waals surface area contributed by atoms with Gasteiger partial charge in [-0.15, -0.1) is 0 Å². The average molecular weight is 319 g/mol. The molecule has 1 aromatic carbocycles. The summed E-state index contributed by atoms with van der Waals surface area (Å²) < 4.78 is 10.1. The van der Waals surface area contributed by atoms with E-state index in [0.717, 1.165) is 0 Å². The molecule has 3 amide bonds. The Morgan fingerprint density at radius 2 is 1.96 bits per heavy atom. The van der Waals surface area contributed by atoms with Gasteiger partial charge in [-0.25, -0.2) is 4.79 Å². The molecule has 9 heteroatoms. The Balaban J connectivity index is 1.71. The number of nitro groups is 1. The predicted molar refractivity (Wildman–Crippen MR) is 77.7 cm³/mol. The number of urea groups is 1. The van der Waals surface area contributed by atoms with Gasteiger partial charge in [0.25, 0.3) is 11.6 Å². The van der Waals surface area contributed by atoms with Crippen molar-refractivity contribution in [1.82, 2.24) is 10.6 Å². The van der Waals surface area contributed by atoms with Crippen molar-refractivity contribution in [1.29, 1.82) is 0 Å². The summed E-state index contributed by atoms with van der Waals surface area (Å²) in [6, 6.07) is 7.91. The maximum absolute atomic E-state index is 11.5. The third kappa shape index (κ3) is 5.16. The standard InChI is InChI=1S/C14H13N3O6/c18-13(16-14(19)15-8-12-2-1-7-22-12)9-23-11-5-3-10(4-6-11)17(20)21/h1-7H,8-9H2,(H2,15,16,18,19). The molecule has 120 valence electrons. The van der Waals surface area contributed by atoms with Gasteiger partial charge >= 0.3 is 6.03 Å². The van der Waals surface area contributed by atoms with Crippen LogP contribution in [0.1, 0.15) is 5.76 Å². The van der Waals surface area contributed by atoms with Gasteiger partial charge in [0.1, 0.15) is 11.5 Å². The molecule has 0 spiro atoms. The van der Waals surface area contributed by atoms with Gasteiger partial charge in [0.2, 0.25) is 0 Å². The quantitative estimate of drug-likeness (QED) is 0.615. The second-order valence-electron chi connectivity index (χ2n) is 4.35. The first-order valence-corrected chi connectivity index (χ1v) is 6.52. The summed E-state index contributed by atoms with van der Waals surface area (Å²) >= 11 is 0. The number of carbonyl (C=O) groups excluding carboxylic acids is 2. The highest BCUT2D eigenvalue weighted by Crippen LogP contribution is 2.16. The van der Waals surface area contributed by atoms with Crippen LogP contribution in [0.3, 0.4) is 0 Å². The van der Waals surface area contributed by atoms with Crippen molar-refractivity contribution in [2.24, 2.45) is 0 Å². The van der Waals surface area contributed by atoms with Gasteiger partial charge in [-0.1, -0.05) is 0 Å². The van der Waals surface area contributed by atoms with Crippen molar-refractivity contribution in [2.75, 3.05) is 6.61 Å². The first-order chi connectivity index (χ1) is 11.0. The molecule has 0 aliphatic rings. The molecule has 0 unspecified atom stereocenters. The van der Waals surface area contributed by atoms with E-state index in [4.69, 9.17) is 9.15 Å². The minimum absolute atomic E-state index is 0.0842. The van der Waals surface area contributed by atoms with Crippen LogP contribution in [0.4, 0.5) is 10.5 Å². The van der Waals surface area contributed by atoms with Crippen LogP contribution in [-0.4, -0.2) is 23.5 Å². The number of nitro benzene ring substituents is 1. The SMILES string of the molecule is O=C(COc1ccc([N+](=O)[O-])cc1)NC(=O)NCc1ccco1. The van der Waals surface area contributed by atoms with Crippen molar-refractivity contribution in [2.45, 2.75) is 6.54 Å². The number of hydrogen-bond acceptors (Lipinski definition) is 6. The molecule has 0 aliphatic carbocycles. The molecular formula is C14H13N3O6. The molecule has 23 heavy (non-hydrogen) atoms. The molecule has 0 saturated carbocycles. The maximum atomic E-state index is 11.5. The molecule has 1 aromatic heterocycles. The first kappa shape index (κ1) is 16.0. The molecule has 1 heterocycles. The zero-order valence-electron chi connectivity index (χ0n) is 11.9. The minimum atomic E-state index is -0.682. The Kier molecular flexibility index (Phi) is 5.29. The van der Waals surface area contributed by atoms with Gasteiger partial charge in [-0.3, -0.25) is 20.2 Å². The number of rotatable bonds is 6. The van der Waals surface area contributed by atoms with E-state index in [1.54, 1.807) is 12.1 Å². The lowest BCUT2D eigenvalue weighted by atomic mass is 10.3. The second-order valence-corrected chi connectivity index (χ2v) is 4.35. The molecule has 2 N–H and O–H groups in total. The fraction of sp³-hybridized carbons (Fsp3) is 0.143. The van der Waals surface area contributed by atoms with Crippen LogP contribution >= 0.6 is 0 Å². The van der Waals surface area contributed by atoms with Crippen LogP contribution in [0.15, 0.2) is 47.1 Å². The summed E-state index contributed by atoms with van der Waals surface area (Å²) in [4.78, 5) is 33.0. The predicted octanol–water partition coefficient (Wildman–Crippen LogP) is 1.59. The summed E-state index contributed by atoms with van der Waals surface area (Å²) in [7, 11) is 0. The number of amides is 3. The number of benzene rings is 1. The number of nitrogens with one attached hydrogen (secondary N) is 2. The molecule has 0 bridgehead atoms. The van der Waals surface area contributed by atoms with E-state index in [-0.39, 0.29) is 18.0 Å². The largest absolute Gasteiger partial charge is 0.484 e. The van der Waals surface area contributed by atoms with Crippen LogP contribution in [0.25, 0.3) is 0 Å². The number of furan rings is 1. The van der Waals surface area contributed by atoms with Crippen molar-refractivity contribution < 1.29 is 23.7 Å². The lowest BCUT2D eigenvalue weighted by Crippen LogP contribution is -2.41. The van der Waals surface area contributed by atoms with Gasteiger partial charge in [-0.05, 0) is 24.3 Å². The van der Waals surface area contributed by atoms with Crippen LogP contribution in [0.2, 0.25) is 0 Å². The van der Waals surface area contributed by atoms with Crippen molar-refractivity contribution in [3.8, 4) is 5.75 Å². The highest BCUT2D eigenvalue weighted by molar-refractivity contribution is 5.94. The maximum Gasteiger partial charge on any atom is 0.321 e. The highest BCUT2D eigenvalue weighted by atomic mass is 16.6. The Morgan fingerprint density at radius 3 is 2.57 bits per heavy atom. The third-order valence-electron chi connectivity index (χ3n) is 2.67. The zero-order valence-corrected chi connectivity index (χ0v) is 11.9. The van der Waals surface area contributed by atoms with Gasteiger partial charge < -0.3 is 14.5 Å². The van der Waals surface area contributed by atoms with E-state index in [1.807, 2.05) is 0 Å². The summed E-state index contributed by atoms with van der Waals surface area (Å²) in [5.74, 6) is 0.178. The Bertz CT molecular complexity index is 681. The molecule has 0 radical (unpaired) electrons. The Morgan fingerprint density at radius 1 is 1.22 bits per heavy atom. The summed E-state index contributed by atoms with van der Waals surface area (Å²) in [6.07, 6.45) is 1.47. The van der Waals surface area contributed by atoms with Crippen LogP contribution in [0, 0.1) is 10.1 Å². The minimum Gasteiger partial charge on any atom is -0.484 e. The highest BCUT2D eigenvalue weighted by Gasteiger charge is 2.10. The van der Waals surface area contributed by atoms with E-state index in [1.165, 1.54) is 30.5 Å². The number of carbonyl (C=O) groups is 2. The smallest absolute Gasteiger partial charge is 0.321 e. The fourth-order valence-corrected chi connectivity index (χ4v) is 1.60. The van der Waals surface area contributed by atoms with Crippen LogP contribution < -0.4 is 15.4 Å². The molecule has 0 fully saturated rings. The number of non-ortho nitro benzene ring substituents is 1. The molecule has 2 rings (SSSR count). The molecule has 0 aliphatic heterocycles. The molecule has 2 aromatic rings. The molecule has 0 atom stereocenters. The van der Waals surface area contributed by atoms with Gasteiger partial charge in [-0.2, -0.15) is 0 Å². The summed E-state index contributed by atoms with van der Waals surface area (Å²) in [6.45, 7) is -0.249. The zero-order chi connectivity index (χ0) is 16.7. The van der Waals surface area contributed by atoms with Gasteiger partial charge in [0, 0.05) is 12.1 Å². The van der Waals surface area contributed by atoms with Crippen LogP contribution in [-0.2, 0) is 11.3 Å². The number of imide groups is 1. The fourth-order valence-electron chi connectivity index (χ4n) is 1.60. The summed E-state index contributed by atoms with van der Waals surface area (Å²) in [5, 5.41) is 15.0. The van der Waals surface area contributed by atoms with Crippen LogP contribution in [0.5, 0.6) is 5.75 Å². The number of hydrogen-bond donors (Lipinski definition) is 2. The first-order valence-electron chi connectivity index (χ1n) is 6.52. The van der Waals surface area contributed by atoms with E-state index >= 15 is 0 Å². The Hall–Kier alpha value is -3.36. The Labute approximate surface area is 130 Å². The van der Waals surface area contributed by atoms with Crippen molar-refractivity contribution >= 4 is 17.6 Å². The summed E-state index contributed by atoms with van der Waals surface area (Å²) in [5.41, 5.74) is -0.0842. The van der Waals surface area contributed by atoms with Crippen molar-refractivity contribution in [3.05, 3.63) is 58.5 Å².